The van der Waals surface area contributed by atoms with Crippen LogP contribution >= 0.6 is 0 Å². The van der Waals surface area contributed by atoms with Crippen LogP contribution in [0.25, 0.3) is 0 Å². The fourth-order valence-electron chi connectivity index (χ4n) is 1.69. The van der Waals surface area contributed by atoms with E-state index in [2.05, 4.69) is 5.32 Å². The van der Waals surface area contributed by atoms with Gasteiger partial charge < -0.3 is 20.4 Å². The summed E-state index contributed by atoms with van der Waals surface area (Å²) < 4.78 is 6.46. The minimum Gasteiger partial charge on any atom is -0.383 e. The first-order valence-corrected chi connectivity index (χ1v) is 6.76. The molecule has 0 spiro atoms. The van der Waals surface area contributed by atoms with Gasteiger partial charge in [-0.1, -0.05) is 6.92 Å². The molecular formula is C14H23N3O3. The van der Waals surface area contributed by atoms with Crippen molar-refractivity contribution >= 4 is 11.6 Å². The molecule has 1 rings (SSSR count). The van der Waals surface area contributed by atoms with Crippen molar-refractivity contribution in [2.45, 2.75) is 26.3 Å². The number of rotatable bonds is 8. The van der Waals surface area contributed by atoms with E-state index >= 15 is 0 Å². The highest BCUT2D eigenvalue weighted by molar-refractivity contribution is 5.90. The van der Waals surface area contributed by atoms with Crippen molar-refractivity contribution in [3.05, 3.63) is 28.7 Å². The van der Waals surface area contributed by atoms with Gasteiger partial charge >= 0.3 is 0 Å². The molecule has 1 unspecified atom stereocenters. The Morgan fingerprint density at radius 3 is 2.90 bits per heavy atom. The Bertz CT molecular complexity index is 485. The van der Waals surface area contributed by atoms with Crippen LogP contribution in [0, 0.1) is 5.92 Å². The third-order valence-corrected chi connectivity index (χ3v) is 3.07. The molecular weight excluding hydrogens is 258 g/mol. The van der Waals surface area contributed by atoms with Gasteiger partial charge in [-0.15, -0.1) is 0 Å². The van der Waals surface area contributed by atoms with Crippen molar-refractivity contribution in [3.63, 3.8) is 0 Å². The van der Waals surface area contributed by atoms with Gasteiger partial charge in [-0.2, -0.15) is 0 Å². The summed E-state index contributed by atoms with van der Waals surface area (Å²) in [6.45, 7) is 3.50. The predicted molar refractivity (Wildman–Crippen MR) is 78.7 cm³/mol. The lowest BCUT2D eigenvalue weighted by Crippen LogP contribution is -2.22. The molecule has 1 amide bonds. The molecule has 0 saturated heterocycles. The van der Waals surface area contributed by atoms with Crippen molar-refractivity contribution < 1.29 is 9.53 Å². The Labute approximate surface area is 118 Å². The number of carbonyl (C=O) groups excluding carboxylic acids is 1. The molecule has 6 nitrogen and oxygen atoms in total. The molecule has 0 fully saturated rings. The Morgan fingerprint density at radius 1 is 1.50 bits per heavy atom. The fourth-order valence-corrected chi connectivity index (χ4v) is 1.69. The summed E-state index contributed by atoms with van der Waals surface area (Å²) >= 11 is 0. The molecule has 1 heterocycles. The molecule has 1 aromatic heterocycles. The normalized spacial score (nSPS) is 12.2. The first kappa shape index (κ1) is 16.4. The van der Waals surface area contributed by atoms with E-state index in [0.717, 1.165) is 6.42 Å². The molecule has 0 aliphatic heterocycles. The van der Waals surface area contributed by atoms with Crippen LogP contribution in [0.5, 0.6) is 0 Å². The highest BCUT2D eigenvalue weighted by Gasteiger charge is 2.07. The summed E-state index contributed by atoms with van der Waals surface area (Å²) in [7, 11) is 1.58. The van der Waals surface area contributed by atoms with Gasteiger partial charge in [0.2, 0.25) is 5.91 Å². The molecule has 1 aromatic rings. The summed E-state index contributed by atoms with van der Waals surface area (Å²) in [4.78, 5) is 23.4. The molecule has 3 N–H and O–H groups in total. The number of hydrogen-bond acceptors (Lipinski definition) is 4. The van der Waals surface area contributed by atoms with Crippen molar-refractivity contribution in [2.24, 2.45) is 11.7 Å². The van der Waals surface area contributed by atoms with E-state index in [1.54, 1.807) is 19.4 Å². The third-order valence-electron chi connectivity index (χ3n) is 3.07. The quantitative estimate of drug-likeness (QED) is 0.738. The molecule has 0 aromatic carbocycles. The highest BCUT2D eigenvalue weighted by atomic mass is 16.5. The smallest absolute Gasteiger partial charge is 0.250 e. The number of aromatic nitrogens is 1. The van der Waals surface area contributed by atoms with Gasteiger partial charge in [0.15, 0.2) is 0 Å². The summed E-state index contributed by atoms with van der Waals surface area (Å²) in [5, 5.41) is 2.79. The Kier molecular flexibility index (Phi) is 6.97. The van der Waals surface area contributed by atoms with Gasteiger partial charge in [-0.3, -0.25) is 9.59 Å². The van der Waals surface area contributed by atoms with E-state index in [1.165, 1.54) is 10.6 Å². The lowest BCUT2D eigenvalue weighted by Gasteiger charge is -2.10. The second-order valence-electron chi connectivity index (χ2n) is 4.87. The number of nitrogens with two attached hydrogens (primary N) is 1. The number of hydrogen-bond donors (Lipinski definition) is 2. The van der Waals surface area contributed by atoms with Crippen LogP contribution in [0.1, 0.15) is 19.8 Å². The number of methoxy groups -OCH3 is 1. The number of carbonyl (C=O) groups is 1. The van der Waals surface area contributed by atoms with Gasteiger partial charge in [0.1, 0.15) is 0 Å². The van der Waals surface area contributed by atoms with Gasteiger partial charge in [-0.05, 0) is 24.9 Å². The summed E-state index contributed by atoms with van der Waals surface area (Å²) in [5.74, 6) is 0.263. The first-order valence-electron chi connectivity index (χ1n) is 6.76. The van der Waals surface area contributed by atoms with Crippen molar-refractivity contribution in [2.75, 3.05) is 25.6 Å². The largest absolute Gasteiger partial charge is 0.383 e. The number of pyridine rings is 1. The summed E-state index contributed by atoms with van der Waals surface area (Å²) in [6.07, 6.45) is 2.81. The monoisotopic (exact) mass is 281 g/mol. The average Bonchev–Trinajstić information content (AvgIpc) is 2.45. The van der Waals surface area contributed by atoms with Crippen LogP contribution in [-0.4, -0.2) is 30.7 Å². The number of amides is 1. The average molecular weight is 281 g/mol. The Hall–Kier alpha value is -1.66. The topological polar surface area (TPSA) is 86.3 Å². The first-order chi connectivity index (χ1) is 9.56. The lowest BCUT2D eigenvalue weighted by molar-refractivity contribution is -0.116. The maximum atomic E-state index is 11.8. The zero-order valence-electron chi connectivity index (χ0n) is 12.1. The minimum absolute atomic E-state index is 0.0674. The molecule has 0 aliphatic carbocycles. The number of anilines is 1. The molecule has 0 radical (unpaired) electrons. The van der Waals surface area contributed by atoms with Crippen molar-refractivity contribution in [3.8, 4) is 0 Å². The summed E-state index contributed by atoms with van der Waals surface area (Å²) in [5.41, 5.74) is 6.01. The van der Waals surface area contributed by atoms with Crippen LogP contribution in [0.15, 0.2) is 23.1 Å². The highest BCUT2D eigenvalue weighted by Crippen LogP contribution is 2.08. The fraction of sp³-hybridized carbons (Fsp3) is 0.571. The molecule has 1 atom stereocenters. The van der Waals surface area contributed by atoms with E-state index in [1.807, 2.05) is 6.92 Å². The maximum absolute atomic E-state index is 11.8. The Balaban J connectivity index is 2.59. The van der Waals surface area contributed by atoms with Gasteiger partial charge in [0.25, 0.3) is 5.56 Å². The van der Waals surface area contributed by atoms with Crippen molar-refractivity contribution in [1.82, 2.24) is 4.57 Å². The molecule has 112 valence electrons. The van der Waals surface area contributed by atoms with Crippen LogP contribution < -0.4 is 16.6 Å². The molecule has 6 heteroatoms. The van der Waals surface area contributed by atoms with Gasteiger partial charge in [-0.25, -0.2) is 0 Å². The molecule has 0 bridgehead atoms. The lowest BCUT2D eigenvalue weighted by atomic mass is 10.1. The number of nitrogens with zero attached hydrogens (tertiary/aromatic N) is 1. The van der Waals surface area contributed by atoms with E-state index in [-0.39, 0.29) is 11.5 Å². The minimum atomic E-state index is -0.114. The van der Waals surface area contributed by atoms with E-state index in [0.29, 0.717) is 37.7 Å². The molecule has 20 heavy (non-hydrogen) atoms. The van der Waals surface area contributed by atoms with Gasteiger partial charge in [0.05, 0.1) is 12.3 Å². The SMILES string of the molecule is COCCn1cc(NC(=O)CCC(C)CN)ccc1=O. The second-order valence-corrected chi connectivity index (χ2v) is 4.87. The second kappa shape index (κ2) is 8.50. The molecule has 0 aliphatic rings. The molecule has 0 saturated carbocycles. The van der Waals surface area contributed by atoms with E-state index in [9.17, 15) is 9.59 Å². The van der Waals surface area contributed by atoms with Gasteiger partial charge in [0, 0.05) is 32.3 Å². The van der Waals surface area contributed by atoms with Crippen LogP contribution in [0.3, 0.4) is 0 Å². The number of nitrogens with one attached hydrogen (secondary N) is 1. The van der Waals surface area contributed by atoms with Crippen LogP contribution in [-0.2, 0) is 16.1 Å². The van der Waals surface area contributed by atoms with Crippen LogP contribution in [0.4, 0.5) is 5.69 Å². The van der Waals surface area contributed by atoms with E-state index in [4.69, 9.17) is 10.5 Å². The standard InChI is InChI=1S/C14H23N3O3/c1-11(9-15)3-5-13(18)16-12-4-6-14(19)17(10-12)7-8-20-2/h4,6,10-11H,3,5,7-9,15H2,1-2H3,(H,16,18). The number of ether oxygens (including phenoxy) is 1. The van der Waals surface area contributed by atoms with Crippen LogP contribution in [0.2, 0.25) is 0 Å². The maximum Gasteiger partial charge on any atom is 0.250 e. The zero-order chi connectivity index (χ0) is 15.0. The Morgan fingerprint density at radius 2 is 2.25 bits per heavy atom. The van der Waals surface area contributed by atoms with Crippen molar-refractivity contribution in [1.29, 1.82) is 0 Å². The zero-order valence-corrected chi connectivity index (χ0v) is 12.1. The third kappa shape index (κ3) is 5.54. The predicted octanol–water partition coefficient (Wildman–Crippen LogP) is 0.808. The van der Waals surface area contributed by atoms with E-state index < -0.39 is 0 Å². The summed E-state index contributed by atoms with van der Waals surface area (Å²) in [6, 6.07) is 3.05.